The molecule has 1 N–H and O–H groups in total. The van der Waals surface area contributed by atoms with Crippen molar-refractivity contribution in [3.8, 4) is 5.75 Å². The smallest absolute Gasteiger partial charge is 0.389 e. The fraction of sp³-hybridized carbons (Fsp3) is 0.632. The van der Waals surface area contributed by atoms with Crippen LogP contribution in [-0.4, -0.2) is 36.3 Å². The monoisotopic (exact) mass is 450 g/mol. The summed E-state index contributed by atoms with van der Waals surface area (Å²) in [4.78, 5) is 14.3. The van der Waals surface area contributed by atoms with Crippen molar-refractivity contribution in [3.05, 3.63) is 27.7 Å². The van der Waals surface area contributed by atoms with Gasteiger partial charge < -0.3 is 15.0 Å². The molecule has 1 aliphatic rings. The van der Waals surface area contributed by atoms with E-state index >= 15 is 0 Å². The van der Waals surface area contributed by atoms with Gasteiger partial charge in [-0.3, -0.25) is 0 Å². The Balaban J connectivity index is 2.08. The fourth-order valence-corrected chi connectivity index (χ4v) is 3.91. The maximum Gasteiger partial charge on any atom is 0.389 e. The molecule has 0 saturated heterocycles. The van der Waals surface area contributed by atoms with Crippen LogP contribution in [0.3, 0.4) is 0 Å². The summed E-state index contributed by atoms with van der Waals surface area (Å²) >= 11 is 3.51. The normalized spacial score (nSPS) is 15.7. The van der Waals surface area contributed by atoms with Crippen LogP contribution in [0.4, 0.5) is 18.0 Å². The van der Waals surface area contributed by atoms with E-state index in [0.29, 0.717) is 19.6 Å². The van der Waals surface area contributed by atoms with Crippen molar-refractivity contribution in [2.75, 3.05) is 13.2 Å². The van der Waals surface area contributed by atoms with Gasteiger partial charge in [0.1, 0.15) is 5.75 Å². The van der Waals surface area contributed by atoms with Gasteiger partial charge in [0.15, 0.2) is 0 Å². The number of fused-ring (bicyclic) bond motifs is 1. The van der Waals surface area contributed by atoms with Gasteiger partial charge in [0.2, 0.25) is 0 Å². The molecule has 2 atom stereocenters. The van der Waals surface area contributed by atoms with Crippen LogP contribution >= 0.6 is 15.9 Å². The van der Waals surface area contributed by atoms with Gasteiger partial charge in [-0.2, -0.15) is 13.2 Å². The van der Waals surface area contributed by atoms with Crippen molar-refractivity contribution in [1.29, 1.82) is 0 Å². The van der Waals surface area contributed by atoms with Gasteiger partial charge in [-0.05, 0) is 65.9 Å². The molecule has 0 aliphatic carbocycles. The molecular weight excluding hydrogens is 425 g/mol. The van der Waals surface area contributed by atoms with Crippen molar-refractivity contribution in [1.82, 2.24) is 10.2 Å². The Labute approximate surface area is 166 Å². The van der Waals surface area contributed by atoms with Crippen molar-refractivity contribution in [3.63, 3.8) is 0 Å². The largest absolute Gasteiger partial charge is 0.492 e. The van der Waals surface area contributed by atoms with Gasteiger partial charge in [-0.1, -0.05) is 6.92 Å². The predicted molar refractivity (Wildman–Crippen MR) is 102 cm³/mol. The third-order valence-corrected chi connectivity index (χ3v) is 5.50. The number of carbonyl (C=O) groups is 1. The minimum absolute atomic E-state index is 0.112. The zero-order chi connectivity index (χ0) is 20.2. The van der Waals surface area contributed by atoms with Crippen LogP contribution in [0.15, 0.2) is 16.6 Å². The molecule has 0 spiro atoms. The lowest BCUT2D eigenvalue weighted by atomic mass is 10.0. The Bertz CT molecular complexity index is 667. The average molecular weight is 451 g/mol. The zero-order valence-corrected chi connectivity index (χ0v) is 17.4. The van der Waals surface area contributed by atoms with Crippen LogP contribution in [0.2, 0.25) is 0 Å². The number of hydrogen-bond donors (Lipinski definition) is 1. The standard InChI is InChI=1S/C19H26BrF3N2O2/c1-4-15(6-8-19(21,22)23)24-18(26)25(5-2)12(3)14-10-13-7-9-27-17(13)16(20)11-14/h10-12,15H,4-9H2,1-3H3,(H,24,26). The van der Waals surface area contributed by atoms with E-state index in [1.54, 1.807) is 11.8 Å². The predicted octanol–water partition coefficient (Wildman–Crippen LogP) is 5.60. The number of carbonyl (C=O) groups excluding carboxylic acids is 1. The highest BCUT2D eigenvalue weighted by Crippen LogP contribution is 2.37. The van der Waals surface area contributed by atoms with E-state index in [0.717, 1.165) is 27.8 Å². The van der Waals surface area contributed by atoms with Gasteiger partial charge in [0.25, 0.3) is 0 Å². The van der Waals surface area contributed by atoms with Gasteiger partial charge >= 0.3 is 12.2 Å². The van der Waals surface area contributed by atoms with Crippen LogP contribution in [0.5, 0.6) is 5.75 Å². The summed E-state index contributed by atoms with van der Waals surface area (Å²) in [6.07, 6.45) is -3.95. The summed E-state index contributed by atoms with van der Waals surface area (Å²) in [5.41, 5.74) is 2.06. The second-order valence-corrected chi connectivity index (χ2v) is 7.61. The molecule has 27 heavy (non-hydrogen) atoms. The van der Waals surface area contributed by atoms with Gasteiger partial charge in [0.05, 0.1) is 17.1 Å². The van der Waals surface area contributed by atoms with E-state index in [1.165, 1.54) is 0 Å². The van der Waals surface area contributed by atoms with Crippen LogP contribution < -0.4 is 10.1 Å². The Hall–Kier alpha value is -1.44. The number of hydrogen-bond acceptors (Lipinski definition) is 2. The molecule has 1 heterocycles. The highest BCUT2D eigenvalue weighted by Gasteiger charge is 2.29. The molecule has 152 valence electrons. The average Bonchev–Trinajstić information content (AvgIpc) is 3.07. The molecule has 0 aromatic heterocycles. The van der Waals surface area contributed by atoms with Crippen LogP contribution in [0.1, 0.15) is 57.2 Å². The van der Waals surface area contributed by atoms with E-state index in [4.69, 9.17) is 4.74 Å². The first-order valence-corrected chi connectivity index (χ1v) is 10.0. The van der Waals surface area contributed by atoms with Crippen LogP contribution in [0, 0.1) is 0 Å². The van der Waals surface area contributed by atoms with E-state index < -0.39 is 18.6 Å². The first-order chi connectivity index (χ1) is 12.7. The number of benzene rings is 1. The molecular formula is C19H26BrF3N2O2. The summed E-state index contributed by atoms with van der Waals surface area (Å²) in [5.74, 6) is 0.844. The molecule has 4 nitrogen and oxygen atoms in total. The van der Waals surface area contributed by atoms with Crippen LogP contribution in [-0.2, 0) is 6.42 Å². The minimum atomic E-state index is -4.21. The number of rotatable bonds is 7. The van der Waals surface area contributed by atoms with Crippen molar-refractivity contribution >= 4 is 22.0 Å². The van der Waals surface area contributed by atoms with Gasteiger partial charge in [-0.25, -0.2) is 4.79 Å². The Kier molecular flexibility index (Phi) is 7.42. The van der Waals surface area contributed by atoms with Crippen LogP contribution in [0.25, 0.3) is 0 Å². The van der Waals surface area contributed by atoms with Crippen molar-refractivity contribution < 1.29 is 22.7 Å². The molecule has 1 aliphatic heterocycles. The first-order valence-electron chi connectivity index (χ1n) is 9.25. The number of halogens is 4. The molecule has 0 bridgehead atoms. The third kappa shape index (κ3) is 5.77. The maximum absolute atomic E-state index is 12.7. The Morgan fingerprint density at radius 1 is 1.37 bits per heavy atom. The van der Waals surface area contributed by atoms with E-state index in [-0.39, 0.29) is 18.5 Å². The molecule has 2 amide bonds. The van der Waals surface area contributed by atoms with Crippen molar-refractivity contribution in [2.24, 2.45) is 0 Å². The third-order valence-electron chi connectivity index (χ3n) is 4.91. The van der Waals surface area contributed by atoms with E-state index in [1.807, 2.05) is 26.0 Å². The van der Waals surface area contributed by atoms with E-state index in [2.05, 4.69) is 21.2 Å². The van der Waals surface area contributed by atoms with Crippen molar-refractivity contribution in [2.45, 2.75) is 64.7 Å². The first kappa shape index (κ1) is 21.9. The Morgan fingerprint density at radius 3 is 2.67 bits per heavy atom. The molecule has 1 aromatic rings. The topological polar surface area (TPSA) is 41.6 Å². The van der Waals surface area contributed by atoms with E-state index in [9.17, 15) is 18.0 Å². The molecule has 0 fully saturated rings. The maximum atomic E-state index is 12.7. The minimum Gasteiger partial charge on any atom is -0.492 e. The fourth-order valence-electron chi connectivity index (χ4n) is 3.27. The lowest BCUT2D eigenvalue weighted by Crippen LogP contribution is -2.45. The zero-order valence-electron chi connectivity index (χ0n) is 15.8. The highest BCUT2D eigenvalue weighted by molar-refractivity contribution is 9.10. The quantitative estimate of drug-likeness (QED) is 0.587. The molecule has 8 heteroatoms. The van der Waals surface area contributed by atoms with Gasteiger partial charge in [-0.15, -0.1) is 0 Å². The molecule has 2 rings (SSSR count). The summed E-state index contributed by atoms with van der Waals surface area (Å²) in [7, 11) is 0. The number of ether oxygens (including phenoxy) is 1. The second-order valence-electron chi connectivity index (χ2n) is 6.76. The second kappa shape index (κ2) is 9.17. The lowest BCUT2D eigenvalue weighted by Gasteiger charge is -2.31. The molecule has 0 saturated carbocycles. The Morgan fingerprint density at radius 2 is 2.07 bits per heavy atom. The molecule has 0 radical (unpaired) electrons. The highest BCUT2D eigenvalue weighted by atomic mass is 79.9. The summed E-state index contributed by atoms with van der Waals surface area (Å²) in [6.45, 7) is 6.65. The molecule has 1 aromatic carbocycles. The lowest BCUT2D eigenvalue weighted by molar-refractivity contribution is -0.136. The number of urea groups is 1. The summed E-state index contributed by atoms with van der Waals surface area (Å²) in [5, 5.41) is 2.76. The number of amides is 2. The number of nitrogens with one attached hydrogen (secondary N) is 1. The number of nitrogens with zero attached hydrogens (tertiary/aromatic N) is 1. The summed E-state index contributed by atoms with van der Waals surface area (Å²) < 4.78 is 43.9. The summed E-state index contributed by atoms with van der Waals surface area (Å²) in [6, 6.07) is 2.92. The number of alkyl halides is 3. The molecule has 2 unspecified atom stereocenters. The van der Waals surface area contributed by atoms with Gasteiger partial charge in [0, 0.05) is 25.4 Å². The SMILES string of the molecule is CCC(CCC(F)(F)F)NC(=O)N(CC)C(C)c1cc(Br)c2c(c1)CCO2.